The number of benzene rings is 1. The van der Waals surface area contributed by atoms with Crippen molar-refractivity contribution >= 4 is 5.91 Å². The molecular weight excluding hydrogens is 262 g/mol. The van der Waals surface area contributed by atoms with Crippen LogP contribution in [0.5, 0.6) is 0 Å². The van der Waals surface area contributed by atoms with Gasteiger partial charge in [0.2, 0.25) is 0 Å². The Hall–Kier alpha value is -2.07. The first-order valence-corrected chi connectivity index (χ1v) is 7.48. The van der Waals surface area contributed by atoms with Gasteiger partial charge >= 0.3 is 0 Å². The first-order valence-electron chi connectivity index (χ1n) is 7.48. The number of carbonyl (C=O) groups excluding carboxylic acids is 1. The zero-order valence-electron chi connectivity index (χ0n) is 12.1. The third-order valence-electron chi connectivity index (χ3n) is 4.07. The van der Waals surface area contributed by atoms with Crippen LogP contribution < -0.4 is 5.73 Å². The summed E-state index contributed by atoms with van der Waals surface area (Å²) in [6.07, 6.45) is 3.76. The molecule has 1 aliphatic rings. The lowest BCUT2D eigenvalue weighted by atomic mass is 10.1. The van der Waals surface area contributed by atoms with Crippen LogP contribution in [0.4, 0.5) is 0 Å². The van der Waals surface area contributed by atoms with Gasteiger partial charge in [-0.25, -0.2) is 0 Å². The summed E-state index contributed by atoms with van der Waals surface area (Å²) in [4.78, 5) is 14.6. The maximum atomic E-state index is 12.6. The fourth-order valence-electron chi connectivity index (χ4n) is 2.79. The molecule has 2 N–H and O–H groups in total. The fraction of sp³-hybridized carbons (Fsp3) is 0.353. The molecular formula is C17H21N3O. The Morgan fingerprint density at radius 3 is 2.52 bits per heavy atom. The highest BCUT2D eigenvalue weighted by Gasteiger charge is 2.23. The molecule has 1 aromatic heterocycles. The van der Waals surface area contributed by atoms with E-state index in [1.165, 1.54) is 5.56 Å². The first-order chi connectivity index (χ1) is 10.2. The molecule has 0 bridgehead atoms. The van der Waals surface area contributed by atoms with E-state index in [9.17, 15) is 4.79 Å². The number of rotatable bonds is 3. The number of carbonyl (C=O) groups is 1. The van der Waals surface area contributed by atoms with E-state index < -0.39 is 0 Å². The highest BCUT2D eigenvalue weighted by atomic mass is 16.2. The van der Waals surface area contributed by atoms with E-state index in [2.05, 4.69) is 12.1 Å². The first kappa shape index (κ1) is 13.9. The summed E-state index contributed by atoms with van der Waals surface area (Å²) >= 11 is 0. The second kappa shape index (κ2) is 6.14. The predicted octanol–water partition coefficient (Wildman–Crippen LogP) is 2.10. The smallest absolute Gasteiger partial charge is 0.270 e. The van der Waals surface area contributed by atoms with Gasteiger partial charge in [0.15, 0.2) is 0 Å². The van der Waals surface area contributed by atoms with Crippen LogP contribution in [-0.4, -0.2) is 34.5 Å². The van der Waals surface area contributed by atoms with Crippen LogP contribution in [-0.2, 0) is 6.54 Å². The predicted molar refractivity (Wildman–Crippen MR) is 83.1 cm³/mol. The molecule has 4 nitrogen and oxygen atoms in total. The van der Waals surface area contributed by atoms with E-state index in [0.717, 1.165) is 38.2 Å². The molecule has 1 saturated heterocycles. The summed E-state index contributed by atoms with van der Waals surface area (Å²) in [5, 5.41) is 0. The Morgan fingerprint density at radius 1 is 1.10 bits per heavy atom. The topological polar surface area (TPSA) is 51.3 Å². The average molecular weight is 283 g/mol. The average Bonchev–Trinajstić information content (AvgIpc) is 2.96. The summed E-state index contributed by atoms with van der Waals surface area (Å²) in [5.41, 5.74) is 7.86. The SMILES string of the molecule is NC1CCN(C(=O)c2cccn2Cc2ccccc2)CC1. The van der Waals surface area contributed by atoms with Crippen molar-refractivity contribution in [3.8, 4) is 0 Å². The molecule has 1 amide bonds. The molecule has 1 fully saturated rings. The van der Waals surface area contributed by atoms with Crippen molar-refractivity contribution in [2.24, 2.45) is 5.73 Å². The van der Waals surface area contributed by atoms with Gasteiger partial charge in [-0.05, 0) is 30.5 Å². The van der Waals surface area contributed by atoms with Crippen molar-refractivity contribution in [3.05, 3.63) is 59.9 Å². The van der Waals surface area contributed by atoms with Gasteiger partial charge in [-0.3, -0.25) is 4.79 Å². The molecule has 0 unspecified atom stereocenters. The number of likely N-dealkylation sites (tertiary alicyclic amines) is 1. The van der Waals surface area contributed by atoms with Crippen molar-refractivity contribution in [1.29, 1.82) is 0 Å². The third-order valence-corrected chi connectivity index (χ3v) is 4.07. The number of nitrogens with zero attached hydrogens (tertiary/aromatic N) is 2. The van der Waals surface area contributed by atoms with Crippen LogP contribution in [0.25, 0.3) is 0 Å². The number of piperidine rings is 1. The molecule has 0 spiro atoms. The minimum Gasteiger partial charge on any atom is -0.339 e. The van der Waals surface area contributed by atoms with Gasteiger partial charge in [-0.15, -0.1) is 0 Å². The van der Waals surface area contributed by atoms with Crippen LogP contribution in [0.15, 0.2) is 48.7 Å². The van der Waals surface area contributed by atoms with Crippen molar-refractivity contribution < 1.29 is 4.79 Å². The van der Waals surface area contributed by atoms with Crippen molar-refractivity contribution in [1.82, 2.24) is 9.47 Å². The highest BCUT2D eigenvalue weighted by Crippen LogP contribution is 2.14. The van der Waals surface area contributed by atoms with Crippen molar-refractivity contribution in [2.75, 3.05) is 13.1 Å². The van der Waals surface area contributed by atoms with E-state index in [4.69, 9.17) is 5.73 Å². The van der Waals surface area contributed by atoms with Gasteiger partial charge in [0.1, 0.15) is 5.69 Å². The summed E-state index contributed by atoms with van der Waals surface area (Å²) in [6, 6.07) is 14.3. The van der Waals surface area contributed by atoms with Crippen molar-refractivity contribution in [3.63, 3.8) is 0 Å². The second-order valence-electron chi connectivity index (χ2n) is 5.64. The summed E-state index contributed by atoms with van der Waals surface area (Å²) < 4.78 is 2.02. The molecule has 2 aromatic rings. The van der Waals surface area contributed by atoms with Gasteiger partial charge in [0.25, 0.3) is 5.91 Å². The van der Waals surface area contributed by atoms with Crippen LogP contribution in [0.3, 0.4) is 0 Å². The number of amides is 1. The minimum absolute atomic E-state index is 0.114. The highest BCUT2D eigenvalue weighted by molar-refractivity contribution is 5.92. The van der Waals surface area contributed by atoms with Gasteiger partial charge in [-0.2, -0.15) is 0 Å². The number of hydrogen-bond acceptors (Lipinski definition) is 2. The summed E-state index contributed by atoms with van der Waals surface area (Å²) in [7, 11) is 0. The maximum absolute atomic E-state index is 12.6. The largest absolute Gasteiger partial charge is 0.339 e. The number of nitrogens with two attached hydrogens (primary N) is 1. The van der Waals surface area contributed by atoms with E-state index in [-0.39, 0.29) is 11.9 Å². The van der Waals surface area contributed by atoms with Gasteiger partial charge in [-0.1, -0.05) is 30.3 Å². The monoisotopic (exact) mass is 283 g/mol. The van der Waals surface area contributed by atoms with Gasteiger partial charge in [0.05, 0.1) is 0 Å². The van der Waals surface area contributed by atoms with Crippen LogP contribution in [0.2, 0.25) is 0 Å². The molecule has 4 heteroatoms. The third kappa shape index (κ3) is 3.16. The van der Waals surface area contributed by atoms with E-state index >= 15 is 0 Å². The molecule has 0 radical (unpaired) electrons. The zero-order chi connectivity index (χ0) is 14.7. The molecule has 21 heavy (non-hydrogen) atoms. The minimum atomic E-state index is 0.114. The van der Waals surface area contributed by atoms with E-state index in [1.807, 2.05) is 46.0 Å². The second-order valence-corrected chi connectivity index (χ2v) is 5.64. The maximum Gasteiger partial charge on any atom is 0.270 e. The lowest BCUT2D eigenvalue weighted by Gasteiger charge is -2.30. The summed E-state index contributed by atoms with van der Waals surface area (Å²) in [5.74, 6) is 0.114. The van der Waals surface area contributed by atoms with Gasteiger partial charge in [0, 0.05) is 31.9 Å². The van der Waals surface area contributed by atoms with Crippen molar-refractivity contribution in [2.45, 2.75) is 25.4 Å². The van der Waals surface area contributed by atoms with Gasteiger partial charge < -0.3 is 15.2 Å². The van der Waals surface area contributed by atoms with E-state index in [1.54, 1.807) is 0 Å². The number of hydrogen-bond donors (Lipinski definition) is 1. The molecule has 0 atom stereocenters. The fourth-order valence-corrected chi connectivity index (χ4v) is 2.79. The Bertz CT molecular complexity index is 598. The Kier molecular flexibility index (Phi) is 4.06. The zero-order valence-corrected chi connectivity index (χ0v) is 12.1. The molecule has 1 aromatic carbocycles. The standard InChI is InChI=1S/C17H21N3O/c18-15-8-11-19(12-9-15)17(21)16-7-4-10-20(16)13-14-5-2-1-3-6-14/h1-7,10,15H,8-9,11-13,18H2. The molecule has 1 aliphatic heterocycles. The lowest BCUT2D eigenvalue weighted by molar-refractivity contribution is 0.0704. The molecule has 3 rings (SSSR count). The Balaban J connectivity index is 1.74. The Morgan fingerprint density at radius 2 is 1.81 bits per heavy atom. The quantitative estimate of drug-likeness (QED) is 0.938. The number of aromatic nitrogens is 1. The molecule has 0 aliphatic carbocycles. The normalized spacial score (nSPS) is 16.1. The molecule has 0 saturated carbocycles. The molecule has 110 valence electrons. The lowest BCUT2D eigenvalue weighted by Crippen LogP contribution is -2.43. The van der Waals surface area contributed by atoms with Crippen LogP contribution >= 0.6 is 0 Å². The summed E-state index contributed by atoms with van der Waals surface area (Å²) in [6.45, 7) is 2.25. The Labute approximate surface area is 125 Å². The molecule has 2 heterocycles. The van der Waals surface area contributed by atoms with E-state index in [0.29, 0.717) is 0 Å². The van der Waals surface area contributed by atoms with Crippen LogP contribution in [0, 0.1) is 0 Å². The van der Waals surface area contributed by atoms with Crippen LogP contribution in [0.1, 0.15) is 28.9 Å².